The topological polar surface area (TPSA) is 95.1 Å². The lowest BCUT2D eigenvalue weighted by atomic mass is 9.95. The predicted octanol–water partition coefficient (Wildman–Crippen LogP) is 0.939. The number of nitrogens with zero attached hydrogens (tertiary/aromatic N) is 1. The van der Waals surface area contributed by atoms with Gasteiger partial charge in [-0.2, -0.15) is 5.10 Å². The van der Waals surface area contributed by atoms with Gasteiger partial charge in [0.05, 0.1) is 12.1 Å². The van der Waals surface area contributed by atoms with Gasteiger partial charge in [-0.15, -0.1) is 0 Å². The molecule has 1 unspecified atom stereocenters. The molecule has 19 heavy (non-hydrogen) atoms. The Kier molecular flexibility index (Phi) is 3.34. The monoisotopic (exact) mass is 265 g/mol. The lowest BCUT2D eigenvalue weighted by Crippen LogP contribution is -2.54. The second-order valence-corrected chi connectivity index (χ2v) is 5.42. The van der Waals surface area contributed by atoms with Crippen molar-refractivity contribution < 1.29 is 14.7 Å². The molecular formula is C13H19N3O3. The molecule has 1 heterocycles. The third-order valence-electron chi connectivity index (χ3n) is 3.86. The molecule has 0 saturated heterocycles. The molecule has 1 amide bonds. The Balaban J connectivity index is 2.07. The molecule has 1 fully saturated rings. The summed E-state index contributed by atoms with van der Waals surface area (Å²) in [5.74, 6) is -1.20. The summed E-state index contributed by atoms with van der Waals surface area (Å²) < 4.78 is 0. The maximum absolute atomic E-state index is 12.1. The minimum atomic E-state index is -1.15. The first-order chi connectivity index (χ1) is 8.84. The molecule has 0 spiro atoms. The molecule has 1 atom stereocenters. The molecule has 1 aromatic rings. The second-order valence-electron chi connectivity index (χ2n) is 5.42. The first kappa shape index (κ1) is 13.6. The summed E-state index contributed by atoms with van der Waals surface area (Å²) in [7, 11) is 0. The van der Waals surface area contributed by atoms with Gasteiger partial charge in [0, 0.05) is 11.3 Å². The van der Waals surface area contributed by atoms with Gasteiger partial charge in [0.25, 0.3) is 0 Å². The zero-order valence-electron chi connectivity index (χ0n) is 11.4. The van der Waals surface area contributed by atoms with Crippen molar-refractivity contribution in [3.63, 3.8) is 0 Å². The number of aromatic amines is 1. The number of carboxylic acid groups (broad SMARTS) is 1. The quantitative estimate of drug-likeness (QED) is 0.738. The van der Waals surface area contributed by atoms with Crippen molar-refractivity contribution in [2.24, 2.45) is 5.92 Å². The number of aliphatic carboxylic acids is 1. The lowest BCUT2D eigenvalue weighted by molar-refractivity contribution is -0.147. The molecule has 0 radical (unpaired) electrons. The van der Waals surface area contributed by atoms with Crippen LogP contribution in [0.4, 0.5) is 0 Å². The van der Waals surface area contributed by atoms with Gasteiger partial charge in [-0.25, -0.2) is 4.79 Å². The third kappa shape index (κ3) is 2.62. The summed E-state index contributed by atoms with van der Waals surface area (Å²) in [5, 5.41) is 18.8. The van der Waals surface area contributed by atoms with Gasteiger partial charge in [-0.3, -0.25) is 9.89 Å². The van der Waals surface area contributed by atoms with Crippen molar-refractivity contribution in [2.45, 2.75) is 45.6 Å². The van der Waals surface area contributed by atoms with E-state index in [1.165, 1.54) is 0 Å². The fraction of sp³-hybridized carbons (Fsp3) is 0.615. The molecule has 0 bridgehead atoms. The summed E-state index contributed by atoms with van der Waals surface area (Å²) in [6.07, 6.45) is 1.86. The summed E-state index contributed by atoms with van der Waals surface area (Å²) >= 11 is 0. The van der Waals surface area contributed by atoms with Gasteiger partial charge in [-0.05, 0) is 39.5 Å². The average molecular weight is 265 g/mol. The molecule has 104 valence electrons. The number of carbonyl (C=O) groups excluding carboxylic acids is 1. The normalized spacial score (nSPS) is 17.8. The maximum Gasteiger partial charge on any atom is 0.329 e. The van der Waals surface area contributed by atoms with E-state index in [0.29, 0.717) is 0 Å². The molecule has 6 heteroatoms. The second kappa shape index (κ2) is 4.68. The van der Waals surface area contributed by atoms with Crippen LogP contribution in [0.1, 0.15) is 36.7 Å². The Morgan fingerprint density at radius 1 is 1.47 bits per heavy atom. The number of rotatable bonds is 5. The van der Waals surface area contributed by atoms with Crippen LogP contribution >= 0.6 is 0 Å². The fourth-order valence-corrected chi connectivity index (χ4v) is 2.32. The van der Waals surface area contributed by atoms with Gasteiger partial charge in [0.2, 0.25) is 5.91 Å². The first-order valence-electron chi connectivity index (χ1n) is 6.39. The highest BCUT2D eigenvalue weighted by atomic mass is 16.4. The van der Waals surface area contributed by atoms with E-state index in [1.54, 1.807) is 6.92 Å². The van der Waals surface area contributed by atoms with Gasteiger partial charge in [0.15, 0.2) is 0 Å². The highest BCUT2D eigenvalue weighted by Gasteiger charge is 2.48. The molecule has 1 saturated carbocycles. The van der Waals surface area contributed by atoms with E-state index in [2.05, 4.69) is 15.5 Å². The minimum absolute atomic E-state index is 0.0421. The number of nitrogens with one attached hydrogen (secondary N) is 2. The Morgan fingerprint density at radius 2 is 2.11 bits per heavy atom. The Labute approximate surface area is 111 Å². The van der Waals surface area contributed by atoms with Crippen LogP contribution < -0.4 is 5.32 Å². The molecule has 2 rings (SSSR count). The van der Waals surface area contributed by atoms with Crippen LogP contribution in [0, 0.1) is 19.8 Å². The standard InChI is InChI=1S/C13H19N3O3/c1-7-10(8(2)16-15-7)6-11(17)14-13(3,12(18)19)9-4-5-9/h9H,4-6H2,1-3H3,(H,14,17)(H,15,16)(H,18,19). The number of aryl methyl sites for hydroxylation is 2. The van der Waals surface area contributed by atoms with E-state index in [9.17, 15) is 14.7 Å². The Morgan fingerprint density at radius 3 is 2.53 bits per heavy atom. The number of hydrogen-bond acceptors (Lipinski definition) is 3. The van der Waals surface area contributed by atoms with E-state index in [-0.39, 0.29) is 18.2 Å². The summed E-state index contributed by atoms with van der Waals surface area (Å²) in [6.45, 7) is 5.25. The van der Waals surface area contributed by atoms with Crippen molar-refractivity contribution in [2.75, 3.05) is 0 Å². The number of H-pyrrole nitrogens is 1. The number of amides is 1. The van der Waals surface area contributed by atoms with Crippen LogP contribution in [0.5, 0.6) is 0 Å². The summed E-state index contributed by atoms with van der Waals surface area (Å²) in [6, 6.07) is 0. The highest BCUT2D eigenvalue weighted by Crippen LogP contribution is 2.39. The third-order valence-corrected chi connectivity index (χ3v) is 3.86. The fourth-order valence-electron chi connectivity index (χ4n) is 2.32. The first-order valence-corrected chi connectivity index (χ1v) is 6.39. The molecule has 0 aromatic carbocycles. The van der Waals surface area contributed by atoms with Crippen molar-refractivity contribution in [3.05, 3.63) is 17.0 Å². The van der Waals surface area contributed by atoms with Crippen molar-refractivity contribution in [3.8, 4) is 0 Å². The number of carbonyl (C=O) groups is 2. The van der Waals surface area contributed by atoms with Crippen LogP contribution in [0.25, 0.3) is 0 Å². The highest BCUT2D eigenvalue weighted by molar-refractivity contribution is 5.88. The van der Waals surface area contributed by atoms with Crippen LogP contribution in [-0.4, -0.2) is 32.7 Å². The van der Waals surface area contributed by atoms with E-state index < -0.39 is 11.5 Å². The zero-order valence-corrected chi connectivity index (χ0v) is 11.4. The lowest BCUT2D eigenvalue weighted by Gasteiger charge is -2.26. The predicted molar refractivity (Wildman–Crippen MR) is 68.7 cm³/mol. The SMILES string of the molecule is Cc1n[nH]c(C)c1CC(=O)NC(C)(C(=O)O)C1CC1. The van der Waals surface area contributed by atoms with E-state index in [4.69, 9.17) is 0 Å². The van der Waals surface area contributed by atoms with Gasteiger partial charge < -0.3 is 10.4 Å². The molecule has 0 aliphatic heterocycles. The zero-order chi connectivity index (χ0) is 14.2. The smallest absolute Gasteiger partial charge is 0.329 e. The van der Waals surface area contributed by atoms with E-state index in [1.807, 2.05) is 13.8 Å². The summed E-state index contributed by atoms with van der Waals surface area (Å²) in [5.41, 5.74) is 1.30. The van der Waals surface area contributed by atoms with E-state index in [0.717, 1.165) is 29.8 Å². The van der Waals surface area contributed by atoms with Crippen molar-refractivity contribution in [1.82, 2.24) is 15.5 Å². The molecule has 3 N–H and O–H groups in total. The average Bonchev–Trinajstić information content (AvgIpc) is 3.12. The number of carboxylic acids is 1. The van der Waals surface area contributed by atoms with Crippen LogP contribution in [0.3, 0.4) is 0 Å². The molecule has 1 aliphatic carbocycles. The molecule has 1 aromatic heterocycles. The number of aromatic nitrogens is 2. The molecule has 6 nitrogen and oxygen atoms in total. The van der Waals surface area contributed by atoms with Crippen molar-refractivity contribution >= 4 is 11.9 Å². The Bertz CT molecular complexity index is 500. The molecule has 1 aliphatic rings. The largest absolute Gasteiger partial charge is 0.480 e. The van der Waals surface area contributed by atoms with Crippen molar-refractivity contribution in [1.29, 1.82) is 0 Å². The van der Waals surface area contributed by atoms with Gasteiger partial charge >= 0.3 is 5.97 Å². The maximum atomic E-state index is 12.1. The molecular weight excluding hydrogens is 246 g/mol. The summed E-state index contributed by atoms with van der Waals surface area (Å²) in [4.78, 5) is 23.4. The van der Waals surface area contributed by atoms with Crippen LogP contribution in [0.15, 0.2) is 0 Å². The van der Waals surface area contributed by atoms with Gasteiger partial charge in [-0.1, -0.05) is 0 Å². The van der Waals surface area contributed by atoms with Crippen LogP contribution in [0.2, 0.25) is 0 Å². The number of hydrogen-bond donors (Lipinski definition) is 3. The van der Waals surface area contributed by atoms with Gasteiger partial charge in [0.1, 0.15) is 5.54 Å². The van der Waals surface area contributed by atoms with Crippen LogP contribution in [-0.2, 0) is 16.0 Å². The van der Waals surface area contributed by atoms with E-state index >= 15 is 0 Å². The Hall–Kier alpha value is -1.85. The minimum Gasteiger partial charge on any atom is -0.480 e.